The van der Waals surface area contributed by atoms with Crippen molar-refractivity contribution in [3.8, 4) is 0 Å². The normalized spacial score (nSPS) is 24.4. The molecule has 10 heteroatoms. The molecule has 2 aromatic heterocycles. The van der Waals surface area contributed by atoms with E-state index in [1.165, 1.54) is 68.5 Å². The Morgan fingerprint density at radius 2 is 1.88 bits per heavy atom. The molecule has 2 amide bonds. The lowest BCUT2D eigenvalue weighted by Crippen LogP contribution is -2.46. The Hall–Kier alpha value is -4.13. The molecule has 4 aliphatic rings. The van der Waals surface area contributed by atoms with Gasteiger partial charge in [-0.2, -0.15) is 0 Å². The number of carbonyl (C=O) groups excluding carboxylic acids is 3. The van der Waals surface area contributed by atoms with Crippen LogP contribution in [0.5, 0.6) is 0 Å². The van der Waals surface area contributed by atoms with Gasteiger partial charge in [0, 0.05) is 32.1 Å². The maximum absolute atomic E-state index is 13.4. The third-order valence-electron chi connectivity index (χ3n) is 9.60. The van der Waals surface area contributed by atoms with E-state index in [-0.39, 0.29) is 23.4 Å². The molecule has 0 unspecified atom stereocenters. The second kappa shape index (κ2) is 13.0. The van der Waals surface area contributed by atoms with E-state index >= 15 is 0 Å². The Balaban J connectivity index is 1.23. The van der Waals surface area contributed by atoms with E-state index in [9.17, 15) is 19.2 Å². The summed E-state index contributed by atoms with van der Waals surface area (Å²) in [5.41, 5.74) is 0.867. The van der Waals surface area contributed by atoms with Crippen LogP contribution >= 0.6 is 0 Å². The van der Waals surface area contributed by atoms with Crippen molar-refractivity contribution in [1.82, 2.24) is 14.5 Å². The second-order valence-corrected chi connectivity index (χ2v) is 12.8. The molecule has 0 saturated heterocycles. The monoisotopic (exact) mass is 587 g/mol. The van der Waals surface area contributed by atoms with Crippen LogP contribution < -0.4 is 16.2 Å². The van der Waals surface area contributed by atoms with Gasteiger partial charge < -0.3 is 24.5 Å². The van der Waals surface area contributed by atoms with Gasteiger partial charge in [0.2, 0.25) is 11.6 Å². The average molecular weight is 588 g/mol. The van der Waals surface area contributed by atoms with Gasteiger partial charge >= 0.3 is 5.97 Å². The zero-order valence-electron chi connectivity index (χ0n) is 25.0. The number of allylic oxidation sites excluding steroid dienone is 1. The standard InChI is InChI=1S/C33H41N5O5/c1-34-25-17-28(37(2)21-25)31(41)35-26(8-4-5-10-29(39)43-3)30(40)36-27-9-6-12-38(32(27)42)13-7-11-33-18-22-14-23(19-33)16-24(15-22)20-33/h5-6,9-10,12,17,21-24,26H,4,7-8,11,13-16,18-20H2,2-3H3,(H,35,41)(H,36,40)/b10-5+/t22?,23?,24?,26-,33?/m0/s1. The molecule has 6 rings (SSSR count). The molecule has 2 N–H and O–H groups in total. The number of nitrogens with zero attached hydrogens (tertiary/aromatic N) is 3. The highest BCUT2D eigenvalue weighted by atomic mass is 16.5. The molecule has 0 spiro atoms. The molecule has 4 bridgehead atoms. The van der Waals surface area contributed by atoms with Gasteiger partial charge in [-0.25, -0.2) is 9.64 Å². The number of rotatable bonds is 12. The fourth-order valence-corrected chi connectivity index (χ4v) is 8.09. The number of aromatic nitrogens is 2. The molecular formula is C33H41N5O5. The van der Waals surface area contributed by atoms with Gasteiger partial charge in [-0.15, -0.1) is 0 Å². The van der Waals surface area contributed by atoms with Crippen LogP contribution in [0.25, 0.3) is 4.85 Å². The summed E-state index contributed by atoms with van der Waals surface area (Å²) in [4.78, 5) is 54.6. The first-order valence-corrected chi connectivity index (χ1v) is 15.3. The lowest BCUT2D eigenvalue weighted by atomic mass is 9.48. The maximum Gasteiger partial charge on any atom is 0.330 e. The van der Waals surface area contributed by atoms with E-state index in [1.807, 2.05) is 0 Å². The smallest absolute Gasteiger partial charge is 0.330 e. The minimum atomic E-state index is -0.995. The van der Waals surface area contributed by atoms with E-state index < -0.39 is 23.8 Å². The fraction of sp³-hybridized carbons (Fsp3) is 0.545. The molecule has 4 fully saturated rings. The average Bonchev–Trinajstić information content (AvgIpc) is 3.36. The Kier molecular flexibility index (Phi) is 9.19. The number of nitrogens with one attached hydrogen (secondary N) is 2. The summed E-state index contributed by atoms with van der Waals surface area (Å²) in [6.45, 7) is 7.80. The Labute approximate surface area is 252 Å². The summed E-state index contributed by atoms with van der Waals surface area (Å²) < 4.78 is 7.79. The molecule has 43 heavy (non-hydrogen) atoms. The van der Waals surface area contributed by atoms with Crippen molar-refractivity contribution in [3.05, 3.63) is 70.2 Å². The van der Waals surface area contributed by atoms with Crippen molar-refractivity contribution >= 4 is 29.2 Å². The number of pyridine rings is 1. The third kappa shape index (κ3) is 7.10. The van der Waals surface area contributed by atoms with Crippen LogP contribution in [-0.4, -0.2) is 40.1 Å². The minimum absolute atomic E-state index is 0.154. The fourth-order valence-electron chi connectivity index (χ4n) is 8.09. The first-order chi connectivity index (χ1) is 20.7. The van der Waals surface area contributed by atoms with Crippen LogP contribution in [0.2, 0.25) is 0 Å². The topological polar surface area (TPSA) is 116 Å². The van der Waals surface area contributed by atoms with Gasteiger partial charge in [-0.05, 0) is 106 Å². The Bertz CT molecular complexity index is 1460. The molecule has 4 aliphatic carbocycles. The van der Waals surface area contributed by atoms with Crippen molar-refractivity contribution in [2.24, 2.45) is 30.2 Å². The number of methoxy groups -OCH3 is 1. The molecule has 2 aromatic rings. The van der Waals surface area contributed by atoms with Gasteiger partial charge in [0.15, 0.2) is 0 Å². The van der Waals surface area contributed by atoms with Gasteiger partial charge in [-0.1, -0.05) is 6.08 Å². The predicted molar refractivity (Wildman–Crippen MR) is 162 cm³/mol. The van der Waals surface area contributed by atoms with Gasteiger partial charge in [-0.3, -0.25) is 14.4 Å². The first kappa shape index (κ1) is 30.3. The van der Waals surface area contributed by atoms with E-state index in [1.54, 1.807) is 36.0 Å². The number of anilines is 1. The van der Waals surface area contributed by atoms with Crippen molar-refractivity contribution in [3.63, 3.8) is 0 Å². The molecule has 0 radical (unpaired) electrons. The summed E-state index contributed by atoms with van der Waals surface area (Å²) in [5, 5.41) is 5.46. The van der Waals surface area contributed by atoms with Crippen LogP contribution in [0, 0.1) is 29.7 Å². The number of carbonyl (C=O) groups is 3. The Morgan fingerprint density at radius 3 is 2.51 bits per heavy atom. The third-order valence-corrected chi connectivity index (χ3v) is 9.60. The van der Waals surface area contributed by atoms with Crippen molar-refractivity contribution < 1.29 is 19.1 Å². The largest absolute Gasteiger partial charge is 0.466 e. The van der Waals surface area contributed by atoms with Gasteiger partial charge in [0.05, 0.1) is 19.4 Å². The lowest BCUT2D eigenvalue weighted by molar-refractivity contribution is -0.134. The number of ether oxygens (including phenoxy) is 1. The Morgan fingerprint density at radius 1 is 1.19 bits per heavy atom. The van der Waals surface area contributed by atoms with Crippen LogP contribution in [0.15, 0.2) is 47.5 Å². The van der Waals surface area contributed by atoms with E-state index in [0.717, 1.165) is 30.6 Å². The zero-order chi connectivity index (χ0) is 30.6. The summed E-state index contributed by atoms with van der Waals surface area (Å²) in [6, 6.07) is 3.79. The molecular weight excluding hydrogens is 546 g/mol. The number of amides is 2. The van der Waals surface area contributed by atoms with E-state index in [2.05, 4.69) is 20.2 Å². The van der Waals surface area contributed by atoms with Gasteiger partial charge in [0.25, 0.3) is 11.5 Å². The van der Waals surface area contributed by atoms with E-state index in [0.29, 0.717) is 24.1 Å². The first-order valence-electron chi connectivity index (χ1n) is 15.3. The van der Waals surface area contributed by atoms with Crippen molar-refractivity contribution in [2.45, 2.75) is 76.8 Å². The number of hydrogen-bond donors (Lipinski definition) is 2. The highest BCUT2D eigenvalue weighted by molar-refractivity contribution is 6.01. The highest BCUT2D eigenvalue weighted by Gasteiger charge is 2.50. The van der Waals surface area contributed by atoms with Crippen molar-refractivity contribution in [1.29, 1.82) is 0 Å². The summed E-state index contributed by atoms with van der Waals surface area (Å²) in [6.07, 6.45) is 16.9. The molecule has 2 heterocycles. The van der Waals surface area contributed by atoms with Crippen molar-refractivity contribution in [2.75, 3.05) is 12.4 Å². The SMILES string of the molecule is [C-]#[N+]c1cc(C(=O)N[C@@H](CC/C=C/C(=O)OC)C(=O)Nc2cccn(CCCC34CC5CC(CC(C5)C3)C4)c2=O)n(C)c1. The van der Waals surface area contributed by atoms with Crippen LogP contribution in [0.3, 0.4) is 0 Å². The zero-order valence-corrected chi connectivity index (χ0v) is 25.0. The number of aryl methyl sites for hydroxylation is 2. The lowest BCUT2D eigenvalue weighted by Gasteiger charge is -2.57. The van der Waals surface area contributed by atoms with Crippen LogP contribution in [0.1, 0.15) is 74.7 Å². The quantitative estimate of drug-likeness (QED) is 0.206. The number of esters is 1. The minimum Gasteiger partial charge on any atom is -0.466 e. The second-order valence-electron chi connectivity index (χ2n) is 12.8. The maximum atomic E-state index is 13.4. The summed E-state index contributed by atoms with van der Waals surface area (Å²) >= 11 is 0. The molecule has 228 valence electrons. The molecule has 0 aliphatic heterocycles. The highest BCUT2D eigenvalue weighted by Crippen LogP contribution is 2.61. The molecule has 1 atom stereocenters. The van der Waals surface area contributed by atoms with Crippen LogP contribution in [0.4, 0.5) is 11.4 Å². The van der Waals surface area contributed by atoms with Crippen LogP contribution in [-0.2, 0) is 27.9 Å². The summed E-state index contributed by atoms with van der Waals surface area (Å²) in [5.74, 6) is 1.11. The molecule has 10 nitrogen and oxygen atoms in total. The molecule has 0 aromatic carbocycles. The predicted octanol–water partition coefficient (Wildman–Crippen LogP) is 4.98. The summed E-state index contributed by atoms with van der Waals surface area (Å²) in [7, 11) is 2.92. The van der Waals surface area contributed by atoms with E-state index in [4.69, 9.17) is 6.57 Å². The number of hydrogen-bond acceptors (Lipinski definition) is 5. The molecule has 4 saturated carbocycles. The van der Waals surface area contributed by atoms with Gasteiger partial charge in [0.1, 0.15) is 11.7 Å².